The van der Waals surface area contributed by atoms with Crippen LogP contribution in [0, 0.1) is 0 Å². The zero-order chi connectivity index (χ0) is 21.6. The van der Waals surface area contributed by atoms with Crippen LogP contribution in [0.25, 0.3) is 22.2 Å². The number of fused-ring (bicyclic) bond motifs is 1. The summed E-state index contributed by atoms with van der Waals surface area (Å²) in [6.45, 7) is 2.02. The molecule has 1 heterocycles. The van der Waals surface area contributed by atoms with Crippen LogP contribution in [-0.2, 0) is 11.3 Å². The summed E-state index contributed by atoms with van der Waals surface area (Å²) in [6, 6.07) is 21.2. The van der Waals surface area contributed by atoms with E-state index in [0.29, 0.717) is 29.6 Å². The highest BCUT2D eigenvalue weighted by atomic mass is 16.5. The van der Waals surface area contributed by atoms with Crippen molar-refractivity contribution in [1.29, 1.82) is 0 Å². The number of methoxy groups -OCH3 is 1. The van der Waals surface area contributed by atoms with Gasteiger partial charge < -0.3 is 19.3 Å². The maximum atomic E-state index is 12.6. The van der Waals surface area contributed by atoms with Crippen LogP contribution in [0.15, 0.2) is 71.3 Å². The number of carbonyl (C=O) groups is 1. The van der Waals surface area contributed by atoms with E-state index in [4.69, 9.17) is 14.0 Å². The SMILES string of the molecule is CC[C@@H](Oc1ccc2ccccc2c1)C(=O)NCc1nc(-c2cccc(OC)c2)no1. The zero-order valence-corrected chi connectivity index (χ0v) is 17.4. The van der Waals surface area contributed by atoms with Gasteiger partial charge in [0, 0.05) is 5.56 Å². The summed E-state index contributed by atoms with van der Waals surface area (Å²) in [4.78, 5) is 17.0. The Morgan fingerprint density at radius 1 is 1.03 bits per heavy atom. The minimum absolute atomic E-state index is 0.118. The molecule has 1 amide bonds. The van der Waals surface area contributed by atoms with Crippen molar-refractivity contribution in [3.8, 4) is 22.9 Å². The Hall–Kier alpha value is -3.87. The molecule has 0 unspecified atom stereocenters. The number of nitrogens with one attached hydrogen (secondary N) is 1. The van der Waals surface area contributed by atoms with E-state index in [1.165, 1.54) is 0 Å². The highest BCUT2D eigenvalue weighted by Crippen LogP contribution is 2.23. The first-order valence-electron chi connectivity index (χ1n) is 10.1. The number of benzene rings is 3. The number of hydrogen-bond acceptors (Lipinski definition) is 6. The van der Waals surface area contributed by atoms with Gasteiger partial charge in [0.1, 0.15) is 11.5 Å². The Labute approximate surface area is 180 Å². The van der Waals surface area contributed by atoms with E-state index in [9.17, 15) is 4.79 Å². The van der Waals surface area contributed by atoms with Gasteiger partial charge in [0.05, 0.1) is 13.7 Å². The Bertz CT molecular complexity index is 1190. The Kier molecular flexibility index (Phi) is 6.12. The second-order valence-electron chi connectivity index (χ2n) is 6.99. The number of amides is 1. The number of hydrogen-bond donors (Lipinski definition) is 1. The summed E-state index contributed by atoms with van der Waals surface area (Å²) in [5, 5.41) is 8.97. The van der Waals surface area contributed by atoms with E-state index in [2.05, 4.69) is 15.5 Å². The van der Waals surface area contributed by atoms with Gasteiger partial charge in [-0.05, 0) is 41.5 Å². The second kappa shape index (κ2) is 9.30. The summed E-state index contributed by atoms with van der Waals surface area (Å²) < 4.78 is 16.4. The first kappa shape index (κ1) is 20.4. The van der Waals surface area contributed by atoms with Gasteiger partial charge >= 0.3 is 0 Å². The number of nitrogens with zero attached hydrogens (tertiary/aromatic N) is 2. The highest BCUT2D eigenvalue weighted by Gasteiger charge is 2.19. The summed E-state index contributed by atoms with van der Waals surface area (Å²) in [6.07, 6.45) is -0.0979. The van der Waals surface area contributed by atoms with Gasteiger partial charge in [0.2, 0.25) is 11.7 Å². The maximum absolute atomic E-state index is 12.6. The Morgan fingerprint density at radius 3 is 2.68 bits per heavy atom. The van der Waals surface area contributed by atoms with Crippen molar-refractivity contribution in [2.75, 3.05) is 7.11 Å². The lowest BCUT2D eigenvalue weighted by molar-refractivity contribution is -0.128. The third kappa shape index (κ3) is 4.83. The molecule has 0 fully saturated rings. The van der Waals surface area contributed by atoms with Crippen LogP contribution < -0.4 is 14.8 Å². The highest BCUT2D eigenvalue weighted by molar-refractivity contribution is 5.84. The quantitative estimate of drug-likeness (QED) is 0.458. The minimum atomic E-state index is -0.623. The molecule has 4 aromatic rings. The smallest absolute Gasteiger partial charge is 0.261 e. The standard InChI is InChI=1S/C24H23N3O4/c1-3-21(30-20-12-11-16-7-4-5-8-17(16)13-20)24(28)25-15-22-26-23(27-31-22)18-9-6-10-19(14-18)29-2/h4-14,21H,3,15H2,1-2H3,(H,25,28)/t21-/m1/s1. The molecule has 0 saturated carbocycles. The van der Waals surface area contributed by atoms with Crippen molar-refractivity contribution in [2.45, 2.75) is 26.0 Å². The van der Waals surface area contributed by atoms with Gasteiger partial charge in [0.25, 0.3) is 5.91 Å². The molecule has 0 aliphatic rings. The molecule has 1 aromatic heterocycles. The van der Waals surface area contributed by atoms with Crippen LogP contribution in [0.3, 0.4) is 0 Å². The van der Waals surface area contributed by atoms with E-state index < -0.39 is 6.10 Å². The third-order valence-electron chi connectivity index (χ3n) is 4.87. The fraction of sp³-hybridized carbons (Fsp3) is 0.208. The molecule has 0 aliphatic heterocycles. The molecule has 3 aromatic carbocycles. The normalized spacial score (nSPS) is 11.8. The lowest BCUT2D eigenvalue weighted by Crippen LogP contribution is -2.37. The molecule has 31 heavy (non-hydrogen) atoms. The lowest BCUT2D eigenvalue weighted by atomic mass is 10.1. The van der Waals surface area contributed by atoms with Gasteiger partial charge in [-0.3, -0.25) is 4.79 Å². The van der Waals surface area contributed by atoms with Gasteiger partial charge in [-0.1, -0.05) is 54.5 Å². The van der Waals surface area contributed by atoms with Crippen LogP contribution in [0.1, 0.15) is 19.2 Å². The predicted molar refractivity (Wildman–Crippen MR) is 117 cm³/mol. The van der Waals surface area contributed by atoms with Gasteiger partial charge in [-0.2, -0.15) is 4.98 Å². The van der Waals surface area contributed by atoms with Gasteiger partial charge in [0.15, 0.2) is 6.10 Å². The molecule has 0 radical (unpaired) electrons. The van der Waals surface area contributed by atoms with E-state index in [-0.39, 0.29) is 12.5 Å². The topological polar surface area (TPSA) is 86.5 Å². The molecular weight excluding hydrogens is 394 g/mol. The van der Waals surface area contributed by atoms with Crippen LogP contribution >= 0.6 is 0 Å². The molecule has 0 saturated heterocycles. The van der Waals surface area contributed by atoms with Crippen LogP contribution in [0.5, 0.6) is 11.5 Å². The maximum Gasteiger partial charge on any atom is 0.261 e. The second-order valence-corrected chi connectivity index (χ2v) is 6.99. The molecule has 4 rings (SSSR count). The Balaban J connectivity index is 1.38. The lowest BCUT2D eigenvalue weighted by Gasteiger charge is -2.17. The zero-order valence-electron chi connectivity index (χ0n) is 17.4. The van der Waals surface area contributed by atoms with E-state index in [1.54, 1.807) is 7.11 Å². The van der Waals surface area contributed by atoms with Crippen LogP contribution in [0.2, 0.25) is 0 Å². The van der Waals surface area contributed by atoms with Crippen molar-refractivity contribution < 1.29 is 18.8 Å². The third-order valence-corrected chi connectivity index (χ3v) is 4.87. The van der Waals surface area contributed by atoms with E-state index in [1.807, 2.05) is 73.7 Å². The number of rotatable bonds is 8. The molecule has 1 N–H and O–H groups in total. The van der Waals surface area contributed by atoms with E-state index in [0.717, 1.165) is 16.3 Å². The van der Waals surface area contributed by atoms with Gasteiger partial charge in [-0.25, -0.2) is 0 Å². The average Bonchev–Trinajstić information content (AvgIpc) is 3.30. The molecule has 158 valence electrons. The largest absolute Gasteiger partial charge is 0.497 e. The molecule has 7 heteroatoms. The number of ether oxygens (including phenoxy) is 2. The average molecular weight is 417 g/mol. The predicted octanol–water partition coefficient (Wildman–Crippen LogP) is 4.37. The molecule has 7 nitrogen and oxygen atoms in total. The fourth-order valence-corrected chi connectivity index (χ4v) is 3.21. The van der Waals surface area contributed by atoms with Crippen molar-refractivity contribution in [3.05, 3.63) is 72.6 Å². The number of carbonyl (C=O) groups excluding carboxylic acids is 1. The van der Waals surface area contributed by atoms with Gasteiger partial charge in [-0.15, -0.1) is 0 Å². The summed E-state index contributed by atoms with van der Waals surface area (Å²) in [5.74, 6) is 1.86. The Morgan fingerprint density at radius 2 is 1.87 bits per heavy atom. The molecule has 1 atom stereocenters. The minimum Gasteiger partial charge on any atom is -0.497 e. The summed E-state index contributed by atoms with van der Waals surface area (Å²) in [5.41, 5.74) is 0.770. The molecular formula is C24H23N3O4. The van der Waals surface area contributed by atoms with Crippen LogP contribution in [0.4, 0.5) is 0 Å². The first-order valence-corrected chi connectivity index (χ1v) is 10.1. The number of aromatic nitrogens is 2. The summed E-state index contributed by atoms with van der Waals surface area (Å²) >= 11 is 0. The summed E-state index contributed by atoms with van der Waals surface area (Å²) in [7, 11) is 1.60. The molecule has 0 spiro atoms. The van der Waals surface area contributed by atoms with Crippen LogP contribution in [-0.4, -0.2) is 29.3 Å². The van der Waals surface area contributed by atoms with Crippen molar-refractivity contribution >= 4 is 16.7 Å². The molecule has 0 aliphatic carbocycles. The van der Waals surface area contributed by atoms with E-state index >= 15 is 0 Å². The monoisotopic (exact) mass is 417 g/mol. The van der Waals surface area contributed by atoms with Crippen molar-refractivity contribution in [1.82, 2.24) is 15.5 Å². The molecule has 0 bridgehead atoms. The first-order chi connectivity index (χ1) is 15.2. The fourth-order valence-electron chi connectivity index (χ4n) is 3.21. The van der Waals surface area contributed by atoms with Crippen molar-refractivity contribution in [3.63, 3.8) is 0 Å². The van der Waals surface area contributed by atoms with Crippen molar-refractivity contribution in [2.24, 2.45) is 0 Å².